The topological polar surface area (TPSA) is 34.1 Å². The van der Waals surface area contributed by atoms with Crippen LogP contribution in [0, 0.1) is 0 Å². The van der Waals surface area contributed by atoms with Gasteiger partial charge in [0, 0.05) is 18.5 Å². The van der Waals surface area contributed by atoms with Crippen LogP contribution in [-0.2, 0) is 9.13 Å². The van der Waals surface area contributed by atoms with Crippen molar-refractivity contribution >= 4 is 16.3 Å². The fraction of sp³-hybridized carbons (Fsp3) is 1.00. The molecule has 0 aliphatic carbocycles. The van der Waals surface area contributed by atoms with Gasteiger partial charge < -0.3 is 4.57 Å². The average Bonchev–Trinajstić information content (AvgIpc) is 2.55. The summed E-state index contributed by atoms with van der Waals surface area (Å²) in [4.78, 5) is 0. The zero-order valence-corrected chi connectivity index (χ0v) is 17.5. The molecule has 0 radical (unpaired) electrons. The summed E-state index contributed by atoms with van der Waals surface area (Å²) in [5.74, 6) is 0. The molecular weight excluding hydrogens is 310 g/mol. The van der Waals surface area contributed by atoms with E-state index in [-0.39, 0.29) is 0 Å². The molecule has 0 amide bonds. The van der Waals surface area contributed by atoms with Gasteiger partial charge in [-0.1, -0.05) is 83.1 Å². The van der Waals surface area contributed by atoms with Gasteiger partial charge in [-0.2, -0.15) is 0 Å². The van der Waals surface area contributed by atoms with Crippen LogP contribution >= 0.6 is 16.3 Å². The van der Waals surface area contributed by atoms with E-state index >= 15 is 0 Å². The van der Waals surface area contributed by atoms with Crippen LogP contribution in [0.5, 0.6) is 0 Å². The predicted molar refractivity (Wildman–Crippen MR) is 105 cm³/mol. The Hall–Kier alpha value is 0.330. The van der Waals surface area contributed by atoms with E-state index in [1.54, 1.807) is 0 Å². The van der Waals surface area contributed by atoms with Crippen molar-refractivity contribution < 1.29 is 9.13 Å². The summed E-state index contributed by atoms with van der Waals surface area (Å²) >= 11 is 0. The molecular formula is C18H41O2P2+. The molecule has 0 saturated carbocycles. The summed E-state index contributed by atoms with van der Waals surface area (Å²) in [5, 5.41) is 0. The number of hydrogen-bond donors (Lipinski definition) is 0. The molecule has 0 N–H and O–H groups in total. The van der Waals surface area contributed by atoms with Crippen LogP contribution in [0.2, 0.25) is 0 Å². The fourth-order valence-corrected chi connectivity index (χ4v) is 5.89. The van der Waals surface area contributed by atoms with Gasteiger partial charge in [-0.3, -0.25) is 0 Å². The number of rotatable bonds is 15. The predicted octanol–water partition coefficient (Wildman–Crippen LogP) is 7.30. The van der Waals surface area contributed by atoms with Crippen LogP contribution in [-0.4, -0.2) is 18.5 Å². The maximum absolute atomic E-state index is 13.1. The van der Waals surface area contributed by atoms with Crippen LogP contribution in [0.25, 0.3) is 0 Å². The Balaban J connectivity index is 0. The number of hydrogen-bond acceptors (Lipinski definition) is 2. The van der Waals surface area contributed by atoms with Gasteiger partial charge in [0.1, 0.15) is 0 Å². The van der Waals surface area contributed by atoms with E-state index < -0.39 is 7.14 Å². The Labute approximate surface area is 142 Å². The molecule has 0 rings (SSSR count). The Morgan fingerprint density at radius 1 is 0.545 bits per heavy atom. The van der Waals surface area contributed by atoms with E-state index in [0.717, 1.165) is 18.5 Å². The van der Waals surface area contributed by atoms with Crippen molar-refractivity contribution in [3.8, 4) is 0 Å². The average molecular weight is 351 g/mol. The highest BCUT2D eigenvalue weighted by Crippen LogP contribution is 2.48. The lowest BCUT2D eigenvalue weighted by Gasteiger charge is -2.18. The summed E-state index contributed by atoms with van der Waals surface area (Å²) in [5.41, 5.74) is 0. The first-order valence-electron chi connectivity index (χ1n) is 9.49. The minimum absolute atomic E-state index is 1.03. The van der Waals surface area contributed by atoms with Gasteiger partial charge in [-0.15, -0.1) is 0 Å². The minimum atomic E-state index is -1.84. The van der Waals surface area contributed by atoms with E-state index in [4.69, 9.17) is 4.57 Å². The number of unbranched alkanes of at least 4 members (excludes halogenated alkanes) is 9. The zero-order valence-electron chi connectivity index (χ0n) is 15.4. The second-order valence-corrected chi connectivity index (χ2v) is 9.87. The standard InChI is InChI=1S/C18H39OP.H2OP/c1-4-7-10-13-16-20(19,17-14-11-8-5-2)18-15-12-9-6-3;1-2/h4-18H2,1-3H3;2H2/q;+1. The van der Waals surface area contributed by atoms with E-state index in [2.05, 4.69) is 20.8 Å². The van der Waals surface area contributed by atoms with Crippen molar-refractivity contribution in [2.24, 2.45) is 0 Å². The Morgan fingerprint density at radius 2 is 0.818 bits per heavy atom. The van der Waals surface area contributed by atoms with Crippen LogP contribution in [0.4, 0.5) is 0 Å². The molecule has 134 valence electrons. The van der Waals surface area contributed by atoms with Crippen LogP contribution in [0.3, 0.4) is 0 Å². The first-order chi connectivity index (χ1) is 10.7. The highest BCUT2D eigenvalue weighted by atomic mass is 31.2. The minimum Gasteiger partial charge on any atom is -0.324 e. The molecule has 0 aromatic carbocycles. The summed E-state index contributed by atoms with van der Waals surface area (Å²) < 4.78 is 21.3. The SMILES string of the molecule is CCCCCCP(=O)(CCCCCC)CCCCCC.O=[PH2+]. The molecule has 0 spiro atoms. The third-order valence-electron chi connectivity index (χ3n) is 4.26. The fourth-order valence-electron chi connectivity index (χ4n) is 2.82. The van der Waals surface area contributed by atoms with Gasteiger partial charge in [-0.25, -0.2) is 0 Å². The second kappa shape index (κ2) is 19.4. The van der Waals surface area contributed by atoms with Gasteiger partial charge in [-0.05, 0) is 19.3 Å². The van der Waals surface area contributed by atoms with Crippen molar-refractivity contribution in [1.82, 2.24) is 0 Å². The highest BCUT2D eigenvalue weighted by molar-refractivity contribution is 7.63. The first-order valence-corrected chi connectivity index (χ1v) is 12.2. The zero-order chi connectivity index (χ0) is 17.1. The molecule has 0 aliphatic rings. The second-order valence-electron chi connectivity index (χ2n) is 6.41. The van der Waals surface area contributed by atoms with Crippen molar-refractivity contribution in [2.45, 2.75) is 97.8 Å². The third kappa shape index (κ3) is 16.7. The maximum atomic E-state index is 13.1. The highest BCUT2D eigenvalue weighted by Gasteiger charge is 2.20. The maximum Gasteiger partial charge on any atom is 0.310 e. The molecule has 0 aromatic heterocycles. The van der Waals surface area contributed by atoms with Crippen LogP contribution in [0.1, 0.15) is 97.8 Å². The molecule has 1 unspecified atom stereocenters. The smallest absolute Gasteiger partial charge is 0.310 e. The van der Waals surface area contributed by atoms with Crippen LogP contribution in [0.15, 0.2) is 0 Å². The molecule has 0 fully saturated rings. The normalized spacial score (nSPS) is 11.0. The van der Waals surface area contributed by atoms with Gasteiger partial charge in [0.25, 0.3) is 0 Å². The third-order valence-corrected chi connectivity index (χ3v) is 7.65. The Kier molecular flexibility index (Phi) is 21.6. The van der Waals surface area contributed by atoms with Crippen molar-refractivity contribution in [3.63, 3.8) is 0 Å². The molecule has 0 saturated heterocycles. The van der Waals surface area contributed by atoms with E-state index in [9.17, 15) is 4.57 Å². The van der Waals surface area contributed by atoms with Crippen molar-refractivity contribution in [1.29, 1.82) is 0 Å². The van der Waals surface area contributed by atoms with Crippen molar-refractivity contribution in [3.05, 3.63) is 0 Å². The molecule has 4 heteroatoms. The van der Waals surface area contributed by atoms with Gasteiger partial charge in [0.15, 0.2) is 0 Å². The van der Waals surface area contributed by atoms with Crippen molar-refractivity contribution in [2.75, 3.05) is 18.5 Å². The van der Waals surface area contributed by atoms with E-state index in [1.165, 1.54) is 86.2 Å². The van der Waals surface area contributed by atoms with E-state index in [0.29, 0.717) is 0 Å². The van der Waals surface area contributed by atoms with Gasteiger partial charge in [0.05, 0.1) is 7.14 Å². The molecule has 2 nitrogen and oxygen atoms in total. The van der Waals surface area contributed by atoms with Gasteiger partial charge >= 0.3 is 9.12 Å². The molecule has 22 heavy (non-hydrogen) atoms. The lowest BCUT2D eigenvalue weighted by atomic mass is 10.2. The molecule has 0 aromatic rings. The largest absolute Gasteiger partial charge is 0.324 e. The first kappa shape index (κ1) is 24.6. The van der Waals surface area contributed by atoms with Crippen LogP contribution < -0.4 is 0 Å². The summed E-state index contributed by atoms with van der Waals surface area (Å²) in [6, 6.07) is 0. The Bertz CT molecular complexity index is 219. The lowest BCUT2D eigenvalue weighted by Crippen LogP contribution is -2.01. The lowest BCUT2D eigenvalue weighted by molar-refractivity contribution is 0.561. The molecule has 0 bridgehead atoms. The summed E-state index contributed by atoms with van der Waals surface area (Å²) in [6.45, 7) is 6.74. The Morgan fingerprint density at radius 3 is 1.05 bits per heavy atom. The van der Waals surface area contributed by atoms with E-state index in [1.807, 2.05) is 0 Å². The molecule has 0 heterocycles. The molecule has 0 aliphatic heterocycles. The quantitative estimate of drug-likeness (QED) is 0.229. The summed E-state index contributed by atoms with van der Waals surface area (Å²) in [6.07, 6.45) is 18.3. The molecule has 1 atom stereocenters. The summed E-state index contributed by atoms with van der Waals surface area (Å²) in [7, 11) is -0.673. The van der Waals surface area contributed by atoms with Gasteiger partial charge in [0.2, 0.25) is 0 Å². The monoisotopic (exact) mass is 351 g/mol.